The zero-order valence-electron chi connectivity index (χ0n) is 9.41. The minimum absolute atomic E-state index is 0.0730. The second-order valence-corrected chi connectivity index (χ2v) is 5.31. The molecule has 0 fully saturated rings. The lowest BCUT2D eigenvalue weighted by atomic mass is 10.0. The number of rotatable bonds is 3. The zero-order valence-corrected chi connectivity index (χ0v) is 10.2. The van der Waals surface area contributed by atoms with Crippen molar-refractivity contribution in [3.05, 3.63) is 54.1 Å². The van der Waals surface area contributed by atoms with Crippen LogP contribution >= 0.6 is 0 Å². The fourth-order valence-electron chi connectivity index (χ4n) is 1.69. The SMILES string of the molecule is NS(=O)(=O)c1ccccc1-c1ccc(C=O)cc1. The van der Waals surface area contributed by atoms with Crippen LogP contribution in [-0.2, 0) is 10.0 Å². The molecule has 2 rings (SSSR count). The monoisotopic (exact) mass is 261 g/mol. The third-order valence-electron chi connectivity index (χ3n) is 2.55. The van der Waals surface area contributed by atoms with Gasteiger partial charge in [0, 0.05) is 11.1 Å². The van der Waals surface area contributed by atoms with Crippen LogP contribution < -0.4 is 5.14 Å². The molecule has 0 aliphatic heterocycles. The zero-order chi connectivity index (χ0) is 13.2. The van der Waals surface area contributed by atoms with Gasteiger partial charge in [-0.25, -0.2) is 13.6 Å². The van der Waals surface area contributed by atoms with Crippen LogP contribution in [0.3, 0.4) is 0 Å². The third-order valence-corrected chi connectivity index (χ3v) is 3.52. The summed E-state index contributed by atoms with van der Waals surface area (Å²) in [7, 11) is -3.77. The quantitative estimate of drug-likeness (QED) is 0.856. The summed E-state index contributed by atoms with van der Waals surface area (Å²) in [6.45, 7) is 0. The second-order valence-electron chi connectivity index (χ2n) is 3.78. The summed E-state index contributed by atoms with van der Waals surface area (Å²) in [5.74, 6) is 0. The van der Waals surface area contributed by atoms with Crippen LogP contribution in [0.1, 0.15) is 10.4 Å². The first-order valence-electron chi connectivity index (χ1n) is 5.20. The molecule has 0 aromatic heterocycles. The van der Waals surface area contributed by atoms with Gasteiger partial charge in [-0.1, -0.05) is 42.5 Å². The van der Waals surface area contributed by atoms with E-state index < -0.39 is 10.0 Å². The van der Waals surface area contributed by atoms with Gasteiger partial charge in [0.25, 0.3) is 0 Å². The number of hydrogen-bond acceptors (Lipinski definition) is 3. The third kappa shape index (κ3) is 2.47. The summed E-state index contributed by atoms with van der Waals surface area (Å²) < 4.78 is 22.9. The topological polar surface area (TPSA) is 77.2 Å². The van der Waals surface area contributed by atoms with Crippen LogP contribution in [0.4, 0.5) is 0 Å². The normalized spacial score (nSPS) is 11.2. The van der Waals surface area contributed by atoms with E-state index in [1.165, 1.54) is 6.07 Å². The molecule has 2 N–H and O–H groups in total. The van der Waals surface area contributed by atoms with Gasteiger partial charge in [-0.05, 0) is 11.6 Å². The number of hydrogen-bond donors (Lipinski definition) is 1. The van der Waals surface area contributed by atoms with Gasteiger partial charge >= 0.3 is 0 Å². The van der Waals surface area contributed by atoms with E-state index in [2.05, 4.69) is 0 Å². The molecule has 0 saturated carbocycles. The van der Waals surface area contributed by atoms with Crippen molar-refractivity contribution < 1.29 is 13.2 Å². The molecule has 0 aliphatic rings. The molecule has 0 atom stereocenters. The molecule has 0 spiro atoms. The summed E-state index contributed by atoms with van der Waals surface area (Å²) in [4.78, 5) is 10.6. The second kappa shape index (κ2) is 4.72. The Balaban J connectivity index is 2.60. The first-order chi connectivity index (χ1) is 8.52. The van der Waals surface area contributed by atoms with E-state index in [1.807, 2.05) is 0 Å². The molecular weight excluding hydrogens is 250 g/mol. The molecule has 0 unspecified atom stereocenters. The van der Waals surface area contributed by atoms with Crippen molar-refractivity contribution >= 4 is 16.3 Å². The number of carbonyl (C=O) groups excluding carboxylic acids is 1. The van der Waals surface area contributed by atoms with Crippen molar-refractivity contribution in [1.82, 2.24) is 0 Å². The van der Waals surface area contributed by atoms with Crippen LogP contribution in [0.15, 0.2) is 53.4 Å². The van der Waals surface area contributed by atoms with Gasteiger partial charge in [-0.15, -0.1) is 0 Å². The van der Waals surface area contributed by atoms with Crippen molar-refractivity contribution in [2.75, 3.05) is 0 Å². The molecule has 2 aromatic rings. The van der Waals surface area contributed by atoms with Gasteiger partial charge < -0.3 is 0 Å². The number of benzene rings is 2. The van der Waals surface area contributed by atoms with Crippen molar-refractivity contribution in [1.29, 1.82) is 0 Å². The van der Waals surface area contributed by atoms with Crippen LogP contribution in [-0.4, -0.2) is 14.7 Å². The van der Waals surface area contributed by atoms with Crippen LogP contribution in [0, 0.1) is 0 Å². The van der Waals surface area contributed by atoms with E-state index >= 15 is 0 Å². The highest BCUT2D eigenvalue weighted by Gasteiger charge is 2.14. The molecule has 2 aromatic carbocycles. The maximum Gasteiger partial charge on any atom is 0.238 e. The predicted molar refractivity (Wildman–Crippen MR) is 68.6 cm³/mol. The molecule has 18 heavy (non-hydrogen) atoms. The molecule has 0 radical (unpaired) electrons. The average Bonchev–Trinajstić information content (AvgIpc) is 2.38. The molecule has 4 nitrogen and oxygen atoms in total. The van der Waals surface area contributed by atoms with E-state index in [1.54, 1.807) is 42.5 Å². The highest BCUT2D eigenvalue weighted by atomic mass is 32.2. The largest absolute Gasteiger partial charge is 0.298 e. The summed E-state index contributed by atoms with van der Waals surface area (Å²) in [5, 5.41) is 5.17. The fraction of sp³-hybridized carbons (Fsp3) is 0. The predicted octanol–water partition coefficient (Wildman–Crippen LogP) is 1.81. The minimum Gasteiger partial charge on any atom is -0.298 e. The Bertz CT molecular complexity index is 676. The van der Waals surface area contributed by atoms with E-state index in [0.29, 0.717) is 16.7 Å². The highest BCUT2D eigenvalue weighted by molar-refractivity contribution is 7.89. The summed E-state index contributed by atoms with van der Waals surface area (Å²) in [5.41, 5.74) is 1.76. The number of carbonyl (C=O) groups is 1. The number of nitrogens with two attached hydrogens (primary N) is 1. The van der Waals surface area contributed by atoms with Gasteiger partial charge in [0.15, 0.2) is 0 Å². The maximum atomic E-state index is 11.5. The molecule has 5 heteroatoms. The minimum atomic E-state index is -3.77. The Morgan fingerprint density at radius 2 is 1.56 bits per heavy atom. The molecule has 0 amide bonds. The van der Waals surface area contributed by atoms with Gasteiger partial charge in [0.2, 0.25) is 10.0 Å². The van der Waals surface area contributed by atoms with Crippen molar-refractivity contribution in [2.24, 2.45) is 5.14 Å². The lowest BCUT2D eigenvalue weighted by Gasteiger charge is -2.07. The Labute approximate surface area is 105 Å². The van der Waals surface area contributed by atoms with Gasteiger partial charge in [0.1, 0.15) is 6.29 Å². The Morgan fingerprint density at radius 3 is 2.11 bits per heavy atom. The van der Waals surface area contributed by atoms with E-state index in [0.717, 1.165) is 6.29 Å². The lowest BCUT2D eigenvalue weighted by Crippen LogP contribution is -2.13. The first kappa shape index (κ1) is 12.5. The first-order valence-corrected chi connectivity index (χ1v) is 6.74. The molecule has 0 heterocycles. The van der Waals surface area contributed by atoms with E-state index in [4.69, 9.17) is 5.14 Å². The number of primary sulfonamides is 1. The lowest BCUT2D eigenvalue weighted by molar-refractivity contribution is 0.112. The van der Waals surface area contributed by atoms with Crippen molar-refractivity contribution in [2.45, 2.75) is 4.90 Å². The summed E-state index contributed by atoms with van der Waals surface area (Å²) in [6, 6.07) is 13.1. The Morgan fingerprint density at radius 1 is 0.944 bits per heavy atom. The van der Waals surface area contributed by atoms with Gasteiger partial charge in [0.05, 0.1) is 4.90 Å². The standard InChI is InChI=1S/C13H11NO3S/c14-18(16,17)13-4-2-1-3-12(13)11-7-5-10(9-15)6-8-11/h1-9H,(H2,14,16,17). The van der Waals surface area contributed by atoms with Crippen molar-refractivity contribution in [3.63, 3.8) is 0 Å². The van der Waals surface area contributed by atoms with Gasteiger partial charge in [-0.3, -0.25) is 4.79 Å². The van der Waals surface area contributed by atoms with E-state index in [9.17, 15) is 13.2 Å². The van der Waals surface area contributed by atoms with Crippen LogP contribution in [0.5, 0.6) is 0 Å². The number of sulfonamides is 1. The molecular formula is C13H11NO3S. The molecule has 0 aliphatic carbocycles. The Kier molecular flexibility index (Phi) is 3.27. The summed E-state index contributed by atoms with van der Waals surface area (Å²) >= 11 is 0. The molecule has 0 bridgehead atoms. The smallest absolute Gasteiger partial charge is 0.238 e. The van der Waals surface area contributed by atoms with Crippen LogP contribution in [0.2, 0.25) is 0 Å². The highest BCUT2D eigenvalue weighted by Crippen LogP contribution is 2.26. The number of aldehydes is 1. The average molecular weight is 261 g/mol. The van der Waals surface area contributed by atoms with E-state index in [-0.39, 0.29) is 4.90 Å². The molecule has 92 valence electrons. The summed E-state index contributed by atoms with van der Waals surface area (Å²) in [6.07, 6.45) is 0.732. The van der Waals surface area contributed by atoms with Crippen LogP contribution in [0.25, 0.3) is 11.1 Å². The molecule has 0 saturated heterocycles. The maximum absolute atomic E-state index is 11.5. The van der Waals surface area contributed by atoms with Gasteiger partial charge in [-0.2, -0.15) is 0 Å². The fourth-order valence-corrected chi connectivity index (χ4v) is 2.46. The van der Waals surface area contributed by atoms with Crippen molar-refractivity contribution in [3.8, 4) is 11.1 Å². The Hall–Kier alpha value is -1.98.